The summed E-state index contributed by atoms with van der Waals surface area (Å²) in [5.74, 6) is 0.418. The Labute approximate surface area is 135 Å². The van der Waals surface area contributed by atoms with E-state index >= 15 is 0 Å². The summed E-state index contributed by atoms with van der Waals surface area (Å²) in [6.07, 6.45) is 2.67. The predicted molar refractivity (Wildman–Crippen MR) is 83.1 cm³/mol. The van der Waals surface area contributed by atoms with Gasteiger partial charge in [0.05, 0.1) is 18.4 Å². The van der Waals surface area contributed by atoms with Crippen molar-refractivity contribution in [1.82, 2.24) is 10.4 Å². The predicted octanol–water partition coefficient (Wildman–Crippen LogP) is 2.21. The molecule has 0 saturated heterocycles. The van der Waals surface area contributed by atoms with Gasteiger partial charge in [-0.3, -0.25) is 9.63 Å². The fourth-order valence-electron chi connectivity index (χ4n) is 1.78. The Morgan fingerprint density at radius 2 is 2.13 bits per heavy atom. The summed E-state index contributed by atoms with van der Waals surface area (Å²) in [5.41, 5.74) is -0.171. The Morgan fingerprint density at radius 1 is 1.43 bits per heavy atom. The highest BCUT2D eigenvalue weighted by atomic mass is 16.7. The molecule has 0 bridgehead atoms. The number of furan rings is 1. The Balaban J connectivity index is 2.61. The number of hydroxylamine groups is 2. The third kappa shape index (κ3) is 6.25. The fourth-order valence-corrected chi connectivity index (χ4v) is 1.78. The average molecular weight is 316 g/mol. The average Bonchev–Trinajstić information content (AvgIpc) is 3.02. The lowest BCUT2D eigenvalue weighted by Crippen LogP contribution is -2.34. The highest BCUT2D eigenvalue weighted by molar-refractivity contribution is 5.71. The van der Waals surface area contributed by atoms with Gasteiger partial charge in [0, 0.05) is 6.54 Å². The highest BCUT2D eigenvalue weighted by Gasteiger charge is 2.16. The lowest BCUT2D eigenvalue weighted by atomic mass is 10.2. The maximum atomic E-state index is 11.0. The third-order valence-corrected chi connectivity index (χ3v) is 2.61. The van der Waals surface area contributed by atoms with Gasteiger partial charge in [0.1, 0.15) is 17.8 Å². The van der Waals surface area contributed by atoms with Crippen molar-refractivity contribution in [3.8, 4) is 12.1 Å². The monoisotopic (exact) mass is 316 g/mol. The summed E-state index contributed by atoms with van der Waals surface area (Å²) >= 11 is 0. The van der Waals surface area contributed by atoms with Crippen LogP contribution in [0.15, 0.2) is 28.4 Å². The third-order valence-electron chi connectivity index (χ3n) is 2.61. The molecular weight excluding hydrogens is 296 g/mol. The van der Waals surface area contributed by atoms with Gasteiger partial charge in [-0.15, -0.1) is 0 Å². The van der Waals surface area contributed by atoms with E-state index in [2.05, 4.69) is 5.32 Å². The lowest BCUT2D eigenvalue weighted by molar-refractivity contribution is -0.216. The van der Waals surface area contributed by atoms with E-state index in [1.807, 2.05) is 32.9 Å². The minimum atomic E-state index is -0.456. The maximum Gasteiger partial charge on any atom is 0.233 e. The summed E-state index contributed by atoms with van der Waals surface area (Å²) in [7, 11) is 0. The molecular formula is C16H20N4O3. The van der Waals surface area contributed by atoms with Gasteiger partial charge in [0.2, 0.25) is 6.41 Å². The number of carbonyl (C=O) groups excluding carboxylic acids is 1. The maximum absolute atomic E-state index is 11.0. The van der Waals surface area contributed by atoms with Crippen molar-refractivity contribution in [2.75, 3.05) is 13.1 Å². The number of nitrogens with one attached hydrogen (secondary N) is 1. The first kappa shape index (κ1) is 18.3. The summed E-state index contributed by atoms with van der Waals surface area (Å²) < 4.78 is 5.23. The standard InChI is InChI=1S/C16H20N4O3/c1-16(2,3)23-20(12-21)8-5-7-19-15(13(10-17)11-18)14-6-4-9-22-14/h4,6,9,12,19H,5,7-8H2,1-3H3. The Hall–Kier alpha value is -2.77. The van der Waals surface area contributed by atoms with Gasteiger partial charge in [-0.05, 0) is 39.3 Å². The van der Waals surface area contributed by atoms with Crippen molar-refractivity contribution in [3.05, 3.63) is 29.7 Å². The van der Waals surface area contributed by atoms with E-state index in [0.717, 1.165) is 0 Å². The first-order chi connectivity index (χ1) is 10.9. The van der Waals surface area contributed by atoms with E-state index in [1.54, 1.807) is 12.1 Å². The van der Waals surface area contributed by atoms with E-state index in [1.165, 1.54) is 11.3 Å². The van der Waals surface area contributed by atoms with Crippen LogP contribution >= 0.6 is 0 Å². The number of amides is 1. The first-order valence-electron chi connectivity index (χ1n) is 7.14. The number of hydrogen-bond donors (Lipinski definition) is 1. The first-order valence-corrected chi connectivity index (χ1v) is 7.14. The van der Waals surface area contributed by atoms with Crippen LogP contribution in [0.4, 0.5) is 0 Å². The quantitative estimate of drug-likeness (QED) is 0.341. The van der Waals surface area contributed by atoms with Gasteiger partial charge in [0.25, 0.3) is 0 Å². The van der Waals surface area contributed by atoms with Crippen LogP contribution in [0, 0.1) is 22.7 Å². The van der Waals surface area contributed by atoms with Crippen molar-refractivity contribution in [2.24, 2.45) is 0 Å². The van der Waals surface area contributed by atoms with E-state index < -0.39 is 5.60 Å². The van der Waals surface area contributed by atoms with Gasteiger partial charge in [-0.25, -0.2) is 5.06 Å². The highest BCUT2D eigenvalue weighted by Crippen LogP contribution is 2.16. The zero-order valence-electron chi connectivity index (χ0n) is 13.5. The van der Waals surface area contributed by atoms with E-state index in [-0.39, 0.29) is 5.57 Å². The molecule has 122 valence electrons. The number of nitriles is 2. The van der Waals surface area contributed by atoms with Crippen LogP contribution in [0.25, 0.3) is 5.70 Å². The molecule has 7 heteroatoms. The number of nitrogens with zero attached hydrogens (tertiary/aromatic N) is 3. The molecule has 0 radical (unpaired) electrons. The zero-order chi connectivity index (χ0) is 17.3. The molecule has 23 heavy (non-hydrogen) atoms. The van der Waals surface area contributed by atoms with Gasteiger partial charge in [0.15, 0.2) is 11.3 Å². The van der Waals surface area contributed by atoms with Crippen LogP contribution in [-0.4, -0.2) is 30.2 Å². The van der Waals surface area contributed by atoms with Crippen LogP contribution in [0.2, 0.25) is 0 Å². The molecule has 1 aromatic heterocycles. The van der Waals surface area contributed by atoms with Crippen molar-refractivity contribution >= 4 is 12.1 Å². The van der Waals surface area contributed by atoms with Crippen LogP contribution < -0.4 is 5.32 Å². The van der Waals surface area contributed by atoms with Crippen LogP contribution in [0.3, 0.4) is 0 Å². The van der Waals surface area contributed by atoms with Crippen LogP contribution in [-0.2, 0) is 9.63 Å². The molecule has 0 aliphatic carbocycles. The van der Waals surface area contributed by atoms with Gasteiger partial charge >= 0.3 is 0 Å². The second-order valence-electron chi connectivity index (χ2n) is 5.68. The molecule has 0 aliphatic heterocycles. The van der Waals surface area contributed by atoms with Crippen molar-refractivity contribution in [2.45, 2.75) is 32.8 Å². The Kier molecular flexibility index (Phi) is 6.85. The fraction of sp³-hybridized carbons (Fsp3) is 0.438. The normalized spacial score (nSPS) is 10.3. The van der Waals surface area contributed by atoms with Crippen LogP contribution in [0.1, 0.15) is 33.0 Å². The molecule has 0 aromatic carbocycles. The minimum Gasteiger partial charge on any atom is -0.463 e. The van der Waals surface area contributed by atoms with E-state index in [9.17, 15) is 4.79 Å². The summed E-state index contributed by atoms with van der Waals surface area (Å²) in [6.45, 7) is 6.39. The summed E-state index contributed by atoms with van der Waals surface area (Å²) in [5, 5.41) is 22.3. The van der Waals surface area contributed by atoms with E-state index in [0.29, 0.717) is 37.4 Å². The molecule has 1 N–H and O–H groups in total. The molecule has 0 unspecified atom stereocenters. The molecule has 0 saturated carbocycles. The number of carbonyl (C=O) groups is 1. The molecule has 1 aromatic rings. The van der Waals surface area contributed by atoms with Gasteiger partial charge in [-0.1, -0.05) is 0 Å². The zero-order valence-corrected chi connectivity index (χ0v) is 13.5. The Bertz CT molecular complexity index is 599. The molecule has 1 rings (SSSR count). The largest absolute Gasteiger partial charge is 0.463 e. The van der Waals surface area contributed by atoms with Crippen molar-refractivity contribution < 1.29 is 14.0 Å². The second kappa shape index (κ2) is 8.62. The van der Waals surface area contributed by atoms with Gasteiger partial charge in [-0.2, -0.15) is 10.5 Å². The van der Waals surface area contributed by atoms with Gasteiger partial charge < -0.3 is 9.73 Å². The second-order valence-corrected chi connectivity index (χ2v) is 5.68. The lowest BCUT2D eigenvalue weighted by Gasteiger charge is -2.26. The summed E-state index contributed by atoms with van der Waals surface area (Å²) in [6, 6.07) is 7.01. The molecule has 0 atom stereocenters. The van der Waals surface area contributed by atoms with E-state index in [4.69, 9.17) is 19.8 Å². The number of rotatable bonds is 8. The number of hydrogen-bond acceptors (Lipinski definition) is 6. The topological polar surface area (TPSA) is 102 Å². The molecule has 0 fully saturated rings. The smallest absolute Gasteiger partial charge is 0.233 e. The molecule has 0 spiro atoms. The molecule has 0 aliphatic rings. The molecule has 7 nitrogen and oxygen atoms in total. The molecule has 1 heterocycles. The minimum absolute atomic E-state index is 0.0573. The Morgan fingerprint density at radius 3 is 2.61 bits per heavy atom. The van der Waals surface area contributed by atoms with Crippen molar-refractivity contribution in [1.29, 1.82) is 10.5 Å². The van der Waals surface area contributed by atoms with Crippen LogP contribution in [0.5, 0.6) is 0 Å². The van der Waals surface area contributed by atoms with Crippen molar-refractivity contribution in [3.63, 3.8) is 0 Å². The summed E-state index contributed by atoms with van der Waals surface area (Å²) in [4.78, 5) is 16.4. The number of allylic oxidation sites excluding steroid dienone is 1. The SMILES string of the molecule is CC(C)(C)ON(C=O)CCCNC(=C(C#N)C#N)c1ccco1. The molecule has 1 amide bonds.